The van der Waals surface area contributed by atoms with Gasteiger partial charge in [-0.15, -0.1) is 5.10 Å². The van der Waals surface area contributed by atoms with Gasteiger partial charge in [0.1, 0.15) is 10.7 Å². The van der Waals surface area contributed by atoms with Gasteiger partial charge in [0.15, 0.2) is 0 Å². The van der Waals surface area contributed by atoms with Crippen molar-refractivity contribution in [1.29, 1.82) is 0 Å². The molecular weight excluding hydrogens is 246 g/mol. The molecule has 0 spiro atoms. The van der Waals surface area contributed by atoms with Gasteiger partial charge in [-0.3, -0.25) is 0 Å². The van der Waals surface area contributed by atoms with Gasteiger partial charge < -0.3 is 10.3 Å². The SMILES string of the molecule is CCN(Cc1nnsc1NN)c1ccc(C)cc1. The minimum absolute atomic E-state index is 0.704. The zero-order chi connectivity index (χ0) is 13.0. The summed E-state index contributed by atoms with van der Waals surface area (Å²) in [5.41, 5.74) is 5.95. The Kier molecular flexibility index (Phi) is 4.11. The maximum Gasteiger partial charge on any atom is 0.149 e. The monoisotopic (exact) mass is 263 g/mol. The summed E-state index contributed by atoms with van der Waals surface area (Å²) < 4.78 is 3.91. The van der Waals surface area contributed by atoms with Crippen molar-refractivity contribution in [2.24, 2.45) is 5.84 Å². The topological polar surface area (TPSA) is 67.1 Å². The van der Waals surface area contributed by atoms with Crippen LogP contribution in [0.4, 0.5) is 10.7 Å². The van der Waals surface area contributed by atoms with Crippen LogP contribution in [0.1, 0.15) is 18.2 Å². The second-order valence-electron chi connectivity index (χ2n) is 4.04. The number of nitrogens with two attached hydrogens (primary N) is 1. The predicted octanol–water partition coefficient (Wildman–Crippen LogP) is 2.16. The van der Waals surface area contributed by atoms with E-state index in [0.29, 0.717) is 6.54 Å². The number of rotatable bonds is 5. The molecule has 2 aromatic rings. The highest BCUT2D eigenvalue weighted by Crippen LogP contribution is 2.22. The minimum atomic E-state index is 0.704. The molecule has 0 aliphatic carbocycles. The van der Waals surface area contributed by atoms with Gasteiger partial charge >= 0.3 is 0 Å². The summed E-state index contributed by atoms with van der Waals surface area (Å²) >= 11 is 1.28. The lowest BCUT2D eigenvalue weighted by Crippen LogP contribution is -2.23. The van der Waals surface area contributed by atoms with E-state index in [-0.39, 0.29) is 0 Å². The lowest BCUT2D eigenvalue weighted by atomic mass is 10.2. The molecule has 0 saturated carbocycles. The number of aromatic nitrogens is 2. The molecule has 0 atom stereocenters. The quantitative estimate of drug-likeness (QED) is 0.639. The van der Waals surface area contributed by atoms with E-state index >= 15 is 0 Å². The lowest BCUT2D eigenvalue weighted by molar-refractivity contribution is 0.804. The van der Waals surface area contributed by atoms with Crippen LogP contribution >= 0.6 is 11.5 Å². The Morgan fingerprint density at radius 1 is 1.33 bits per heavy atom. The molecule has 0 amide bonds. The third-order valence-corrected chi connectivity index (χ3v) is 3.51. The Labute approximate surface area is 111 Å². The molecule has 3 N–H and O–H groups in total. The average Bonchev–Trinajstić information content (AvgIpc) is 2.84. The zero-order valence-corrected chi connectivity index (χ0v) is 11.4. The van der Waals surface area contributed by atoms with Crippen LogP contribution in [0.3, 0.4) is 0 Å². The first-order valence-corrected chi connectivity index (χ1v) is 6.61. The van der Waals surface area contributed by atoms with Crippen LogP contribution in [-0.2, 0) is 6.54 Å². The number of nitrogens with zero attached hydrogens (tertiary/aromatic N) is 3. The van der Waals surface area contributed by atoms with E-state index in [0.717, 1.165) is 17.2 Å². The van der Waals surface area contributed by atoms with E-state index in [2.05, 4.69) is 58.0 Å². The summed E-state index contributed by atoms with van der Waals surface area (Å²) in [5.74, 6) is 5.43. The van der Waals surface area contributed by atoms with Gasteiger partial charge in [0.2, 0.25) is 0 Å². The summed E-state index contributed by atoms with van der Waals surface area (Å²) in [6.45, 7) is 5.82. The van der Waals surface area contributed by atoms with E-state index < -0.39 is 0 Å². The number of nitrogens with one attached hydrogen (secondary N) is 1. The fraction of sp³-hybridized carbons (Fsp3) is 0.333. The molecule has 0 fully saturated rings. The van der Waals surface area contributed by atoms with Gasteiger partial charge in [-0.05, 0) is 26.0 Å². The normalized spacial score (nSPS) is 10.4. The molecule has 0 saturated heterocycles. The van der Waals surface area contributed by atoms with E-state index in [9.17, 15) is 0 Å². The molecule has 6 heteroatoms. The maximum atomic E-state index is 5.43. The first-order chi connectivity index (χ1) is 8.74. The van der Waals surface area contributed by atoms with Crippen LogP contribution in [0, 0.1) is 6.92 Å². The Morgan fingerprint density at radius 2 is 2.06 bits per heavy atom. The molecule has 1 aromatic carbocycles. The van der Waals surface area contributed by atoms with Crippen molar-refractivity contribution in [3.63, 3.8) is 0 Å². The molecule has 0 aliphatic heterocycles. The number of anilines is 2. The van der Waals surface area contributed by atoms with Crippen LogP contribution in [0.2, 0.25) is 0 Å². The number of hydrazine groups is 1. The van der Waals surface area contributed by atoms with Gasteiger partial charge in [-0.1, -0.05) is 22.2 Å². The second kappa shape index (κ2) is 5.79. The predicted molar refractivity (Wildman–Crippen MR) is 75.6 cm³/mol. The van der Waals surface area contributed by atoms with Crippen LogP contribution < -0.4 is 16.2 Å². The van der Waals surface area contributed by atoms with Crippen LogP contribution in [0.5, 0.6) is 0 Å². The molecular formula is C12H17N5S. The minimum Gasteiger partial charge on any atom is -0.366 e. The van der Waals surface area contributed by atoms with Gasteiger partial charge in [0.05, 0.1) is 6.54 Å². The van der Waals surface area contributed by atoms with Gasteiger partial charge in [0, 0.05) is 23.8 Å². The standard InChI is InChI=1S/C12H17N5S/c1-3-17(10-6-4-9(2)5-7-10)8-11-12(14-13)18-16-15-11/h4-7,14H,3,8,13H2,1-2H3. The Bertz CT molecular complexity index is 493. The summed E-state index contributed by atoms with van der Waals surface area (Å²) in [5, 5.41) is 4.92. The number of aryl methyl sites for hydroxylation is 1. The molecule has 1 aromatic heterocycles. The first kappa shape index (κ1) is 12.8. The average molecular weight is 263 g/mol. The molecule has 0 aliphatic rings. The first-order valence-electron chi connectivity index (χ1n) is 5.84. The van der Waals surface area contributed by atoms with Crippen molar-refractivity contribution in [3.8, 4) is 0 Å². The summed E-state index contributed by atoms with van der Waals surface area (Å²) in [4.78, 5) is 2.23. The van der Waals surface area contributed by atoms with E-state index in [4.69, 9.17) is 5.84 Å². The van der Waals surface area contributed by atoms with Crippen LogP contribution in [-0.4, -0.2) is 16.1 Å². The Hall–Kier alpha value is -1.66. The molecule has 0 unspecified atom stereocenters. The highest BCUT2D eigenvalue weighted by molar-refractivity contribution is 7.10. The molecule has 2 rings (SSSR count). The molecule has 0 radical (unpaired) electrons. The van der Waals surface area contributed by atoms with Crippen LogP contribution in [0.15, 0.2) is 24.3 Å². The maximum absolute atomic E-state index is 5.43. The zero-order valence-electron chi connectivity index (χ0n) is 10.6. The van der Waals surface area contributed by atoms with Crippen molar-refractivity contribution in [2.45, 2.75) is 20.4 Å². The fourth-order valence-corrected chi connectivity index (χ4v) is 2.23. The third-order valence-electron chi connectivity index (χ3n) is 2.81. The summed E-state index contributed by atoms with van der Waals surface area (Å²) in [7, 11) is 0. The summed E-state index contributed by atoms with van der Waals surface area (Å²) in [6, 6.07) is 8.46. The number of hydrogen-bond acceptors (Lipinski definition) is 6. The molecule has 0 bridgehead atoms. The molecule has 96 valence electrons. The highest BCUT2D eigenvalue weighted by Gasteiger charge is 2.11. The number of benzene rings is 1. The van der Waals surface area contributed by atoms with E-state index in [1.165, 1.54) is 22.8 Å². The lowest BCUT2D eigenvalue weighted by Gasteiger charge is -2.22. The second-order valence-corrected chi connectivity index (χ2v) is 4.80. The smallest absolute Gasteiger partial charge is 0.149 e. The van der Waals surface area contributed by atoms with Gasteiger partial charge in [0.25, 0.3) is 0 Å². The van der Waals surface area contributed by atoms with Crippen molar-refractivity contribution in [2.75, 3.05) is 16.9 Å². The Balaban J connectivity index is 2.17. The molecule has 18 heavy (non-hydrogen) atoms. The number of hydrogen-bond donors (Lipinski definition) is 2. The molecule has 5 nitrogen and oxygen atoms in total. The summed E-state index contributed by atoms with van der Waals surface area (Å²) in [6.07, 6.45) is 0. The van der Waals surface area contributed by atoms with Crippen molar-refractivity contribution < 1.29 is 0 Å². The van der Waals surface area contributed by atoms with E-state index in [1.807, 2.05) is 0 Å². The fourth-order valence-electron chi connectivity index (χ4n) is 1.74. The highest BCUT2D eigenvalue weighted by atomic mass is 32.1. The third kappa shape index (κ3) is 2.77. The Morgan fingerprint density at radius 3 is 2.67 bits per heavy atom. The van der Waals surface area contributed by atoms with Crippen molar-refractivity contribution in [1.82, 2.24) is 9.59 Å². The largest absolute Gasteiger partial charge is 0.366 e. The van der Waals surface area contributed by atoms with Gasteiger partial charge in [-0.2, -0.15) is 0 Å². The molecule has 1 heterocycles. The van der Waals surface area contributed by atoms with Crippen molar-refractivity contribution in [3.05, 3.63) is 35.5 Å². The van der Waals surface area contributed by atoms with Crippen molar-refractivity contribution >= 4 is 22.2 Å². The number of nitrogen functional groups attached to an aromatic ring is 1. The van der Waals surface area contributed by atoms with Gasteiger partial charge in [-0.25, -0.2) is 5.84 Å². The van der Waals surface area contributed by atoms with Crippen LogP contribution in [0.25, 0.3) is 0 Å². The van der Waals surface area contributed by atoms with E-state index in [1.54, 1.807) is 0 Å².